The number of piperidine rings is 1. The molecule has 0 bridgehead atoms. The molecule has 1 N–H and O–H groups in total. The summed E-state index contributed by atoms with van der Waals surface area (Å²) < 4.78 is 35.8. The van der Waals surface area contributed by atoms with E-state index < -0.39 is 12.6 Å². The predicted octanol–water partition coefficient (Wildman–Crippen LogP) is 1.54. The Morgan fingerprint density at radius 1 is 1.50 bits per heavy atom. The van der Waals surface area contributed by atoms with Crippen LogP contribution in [0.1, 0.15) is 25.7 Å². The van der Waals surface area contributed by atoms with Gasteiger partial charge in [0.1, 0.15) is 0 Å². The van der Waals surface area contributed by atoms with E-state index in [0.29, 0.717) is 6.54 Å². The summed E-state index contributed by atoms with van der Waals surface area (Å²) in [5.41, 5.74) is 0. The van der Waals surface area contributed by atoms with E-state index in [1.807, 2.05) is 0 Å². The second kappa shape index (κ2) is 5.52. The van der Waals surface area contributed by atoms with E-state index in [-0.39, 0.29) is 24.9 Å². The third-order valence-electron chi connectivity index (χ3n) is 2.77. The fourth-order valence-corrected chi connectivity index (χ4v) is 1.90. The van der Waals surface area contributed by atoms with E-state index in [9.17, 15) is 18.0 Å². The van der Waals surface area contributed by atoms with Gasteiger partial charge >= 0.3 is 6.18 Å². The molecule has 3 nitrogen and oxygen atoms in total. The molecule has 0 radical (unpaired) electrons. The largest absolute Gasteiger partial charge is 0.389 e. The minimum absolute atomic E-state index is 0.00826. The molecule has 1 aliphatic heterocycles. The van der Waals surface area contributed by atoms with Crippen molar-refractivity contribution >= 4 is 5.91 Å². The van der Waals surface area contributed by atoms with Gasteiger partial charge in [-0.3, -0.25) is 4.79 Å². The van der Waals surface area contributed by atoms with Crippen LogP contribution in [0, 0.1) is 0 Å². The standard InChI is InChI=1S/C10H17F3N2O/c1-14-8-4-2-6-15(9(8)16)7-3-5-10(11,12)13/h8,14H,2-7H2,1H3. The molecule has 1 saturated heterocycles. The van der Waals surface area contributed by atoms with Crippen LogP contribution in [0.5, 0.6) is 0 Å². The van der Waals surface area contributed by atoms with Crippen LogP contribution in [0.2, 0.25) is 0 Å². The first-order chi connectivity index (χ1) is 7.44. The average Bonchev–Trinajstić information content (AvgIpc) is 2.19. The Hall–Kier alpha value is -0.780. The summed E-state index contributed by atoms with van der Waals surface area (Å²) in [5, 5.41) is 2.88. The van der Waals surface area contributed by atoms with Crippen LogP contribution in [0.3, 0.4) is 0 Å². The molecule has 94 valence electrons. The lowest BCUT2D eigenvalue weighted by atomic mass is 10.0. The molecule has 0 aromatic heterocycles. The van der Waals surface area contributed by atoms with E-state index in [1.165, 1.54) is 4.90 Å². The second-order valence-corrected chi connectivity index (χ2v) is 4.03. The molecule has 6 heteroatoms. The lowest BCUT2D eigenvalue weighted by Gasteiger charge is -2.32. The zero-order valence-electron chi connectivity index (χ0n) is 9.31. The Morgan fingerprint density at radius 3 is 2.75 bits per heavy atom. The maximum Gasteiger partial charge on any atom is 0.389 e. The first-order valence-corrected chi connectivity index (χ1v) is 5.47. The molecule has 0 aliphatic carbocycles. The molecule has 0 spiro atoms. The summed E-state index contributed by atoms with van der Waals surface area (Å²) >= 11 is 0. The first kappa shape index (κ1) is 13.3. The van der Waals surface area contributed by atoms with Crippen LogP contribution in [-0.2, 0) is 4.79 Å². The molecule has 1 heterocycles. The monoisotopic (exact) mass is 238 g/mol. The lowest BCUT2D eigenvalue weighted by molar-refractivity contribution is -0.142. The molecule has 1 unspecified atom stereocenters. The highest BCUT2D eigenvalue weighted by Gasteiger charge is 2.30. The third kappa shape index (κ3) is 4.00. The number of hydrogen-bond acceptors (Lipinski definition) is 2. The van der Waals surface area contributed by atoms with Crippen LogP contribution < -0.4 is 5.32 Å². The minimum Gasteiger partial charge on any atom is -0.341 e. The third-order valence-corrected chi connectivity index (χ3v) is 2.77. The van der Waals surface area contributed by atoms with Crippen molar-refractivity contribution in [3.63, 3.8) is 0 Å². The maximum atomic E-state index is 11.9. The van der Waals surface area contributed by atoms with Crippen molar-refractivity contribution in [1.29, 1.82) is 0 Å². The van der Waals surface area contributed by atoms with Gasteiger partial charge in [-0.25, -0.2) is 0 Å². The fraction of sp³-hybridized carbons (Fsp3) is 0.900. The number of nitrogens with zero attached hydrogens (tertiary/aromatic N) is 1. The minimum atomic E-state index is -4.12. The molecule has 1 fully saturated rings. The van der Waals surface area contributed by atoms with Gasteiger partial charge in [0.15, 0.2) is 0 Å². The van der Waals surface area contributed by atoms with Crippen LogP contribution in [0.25, 0.3) is 0 Å². The van der Waals surface area contributed by atoms with Crippen molar-refractivity contribution in [3.05, 3.63) is 0 Å². The zero-order valence-corrected chi connectivity index (χ0v) is 9.31. The number of likely N-dealkylation sites (tertiary alicyclic amines) is 1. The Balaban J connectivity index is 2.33. The van der Waals surface area contributed by atoms with Crippen LogP contribution in [0.4, 0.5) is 13.2 Å². The SMILES string of the molecule is CNC1CCCN(CCCC(F)(F)F)C1=O. The van der Waals surface area contributed by atoms with Gasteiger partial charge in [0, 0.05) is 19.5 Å². The molecule has 1 rings (SSSR count). The summed E-state index contributed by atoms with van der Waals surface area (Å²) in [6, 6.07) is -0.223. The topological polar surface area (TPSA) is 32.3 Å². The summed E-state index contributed by atoms with van der Waals surface area (Å²) in [4.78, 5) is 13.2. The van der Waals surface area contributed by atoms with Gasteiger partial charge in [0.05, 0.1) is 6.04 Å². The first-order valence-electron chi connectivity index (χ1n) is 5.47. The van der Waals surface area contributed by atoms with E-state index in [2.05, 4.69) is 5.32 Å². The zero-order chi connectivity index (χ0) is 12.2. The summed E-state index contributed by atoms with van der Waals surface area (Å²) in [5.74, 6) is -0.0732. The Bertz CT molecular complexity index is 243. The van der Waals surface area contributed by atoms with Crippen LogP contribution in [-0.4, -0.2) is 43.2 Å². The second-order valence-electron chi connectivity index (χ2n) is 4.03. The summed E-state index contributed by atoms with van der Waals surface area (Å²) in [6.07, 6.45) is -3.33. The number of amides is 1. The highest BCUT2D eigenvalue weighted by Crippen LogP contribution is 2.22. The van der Waals surface area contributed by atoms with Crippen LogP contribution in [0.15, 0.2) is 0 Å². The van der Waals surface area contributed by atoms with Crippen LogP contribution >= 0.6 is 0 Å². The van der Waals surface area contributed by atoms with Gasteiger partial charge in [0.2, 0.25) is 5.91 Å². The number of likely N-dealkylation sites (N-methyl/N-ethyl adjacent to an activating group) is 1. The Morgan fingerprint density at radius 2 is 2.19 bits per heavy atom. The molecular formula is C10H17F3N2O. The van der Waals surface area contributed by atoms with Gasteiger partial charge in [-0.2, -0.15) is 13.2 Å². The smallest absolute Gasteiger partial charge is 0.341 e. The highest BCUT2D eigenvalue weighted by molar-refractivity contribution is 5.82. The number of carbonyl (C=O) groups excluding carboxylic acids is 1. The number of alkyl halides is 3. The summed E-state index contributed by atoms with van der Waals surface area (Å²) in [6.45, 7) is 0.783. The van der Waals surface area contributed by atoms with Crippen molar-refractivity contribution in [2.75, 3.05) is 20.1 Å². The van der Waals surface area contributed by atoms with E-state index in [1.54, 1.807) is 7.05 Å². The van der Waals surface area contributed by atoms with Crippen molar-refractivity contribution < 1.29 is 18.0 Å². The number of rotatable bonds is 4. The predicted molar refractivity (Wildman–Crippen MR) is 54.0 cm³/mol. The van der Waals surface area contributed by atoms with E-state index >= 15 is 0 Å². The van der Waals surface area contributed by atoms with Crippen molar-refractivity contribution in [3.8, 4) is 0 Å². The molecule has 0 saturated carbocycles. The van der Waals surface area contributed by atoms with Gasteiger partial charge in [0.25, 0.3) is 0 Å². The van der Waals surface area contributed by atoms with E-state index in [4.69, 9.17) is 0 Å². The quantitative estimate of drug-likeness (QED) is 0.805. The number of nitrogens with one attached hydrogen (secondary N) is 1. The molecule has 16 heavy (non-hydrogen) atoms. The molecule has 0 aromatic rings. The maximum absolute atomic E-state index is 11.9. The van der Waals surface area contributed by atoms with Gasteiger partial charge in [-0.05, 0) is 26.3 Å². The number of halogens is 3. The van der Waals surface area contributed by atoms with Gasteiger partial charge in [-0.1, -0.05) is 0 Å². The lowest BCUT2D eigenvalue weighted by Crippen LogP contribution is -2.49. The average molecular weight is 238 g/mol. The molecular weight excluding hydrogens is 221 g/mol. The van der Waals surface area contributed by atoms with Gasteiger partial charge < -0.3 is 10.2 Å². The Kier molecular flexibility index (Phi) is 4.58. The molecule has 1 amide bonds. The van der Waals surface area contributed by atoms with E-state index in [0.717, 1.165) is 12.8 Å². The number of carbonyl (C=O) groups is 1. The van der Waals surface area contributed by atoms with Crippen molar-refractivity contribution in [2.45, 2.75) is 37.9 Å². The highest BCUT2D eigenvalue weighted by atomic mass is 19.4. The summed E-state index contributed by atoms with van der Waals surface area (Å²) in [7, 11) is 1.70. The fourth-order valence-electron chi connectivity index (χ4n) is 1.90. The van der Waals surface area contributed by atoms with Gasteiger partial charge in [-0.15, -0.1) is 0 Å². The normalized spacial score (nSPS) is 22.6. The number of hydrogen-bond donors (Lipinski definition) is 1. The molecule has 1 atom stereocenters. The van der Waals surface area contributed by atoms with Crippen molar-refractivity contribution in [2.24, 2.45) is 0 Å². The van der Waals surface area contributed by atoms with Crippen molar-refractivity contribution in [1.82, 2.24) is 10.2 Å². The molecule has 0 aromatic carbocycles. The Labute approximate surface area is 93.0 Å². The molecule has 1 aliphatic rings.